The van der Waals surface area contributed by atoms with Crippen LogP contribution in [0.4, 0.5) is 0 Å². The summed E-state index contributed by atoms with van der Waals surface area (Å²) < 4.78 is 0. The minimum atomic E-state index is -1.04. The van der Waals surface area contributed by atoms with Gasteiger partial charge in [-0.05, 0) is 33.3 Å². The lowest BCUT2D eigenvalue weighted by molar-refractivity contribution is -0.149. The van der Waals surface area contributed by atoms with Gasteiger partial charge < -0.3 is 10.4 Å². The van der Waals surface area contributed by atoms with Crippen molar-refractivity contribution in [2.24, 2.45) is 5.41 Å². The van der Waals surface area contributed by atoms with Crippen molar-refractivity contribution < 1.29 is 14.7 Å². The maximum atomic E-state index is 11.8. The molecule has 4 nitrogen and oxygen atoms in total. The van der Waals surface area contributed by atoms with Gasteiger partial charge in [-0.25, -0.2) is 0 Å². The van der Waals surface area contributed by atoms with Crippen molar-refractivity contribution in [3.8, 4) is 0 Å². The summed E-state index contributed by atoms with van der Waals surface area (Å²) in [5.41, 5.74) is 1.12. The van der Waals surface area contributed by atoms with Crippen LogP contribution in [0.15, 0.2) is 24.3 Å². The molecule has 0 saturated heterocycles. The average Bonchev–Trinajstić information content (AvgIpc) is 2.28. The van der Waals surface area contributed by atoms with Crippen molar-refractivity contribution in [3.05, 3.63) is 35.4 Å². The second kappa shape index (κ2) is 5.87. The molecule has 0 aliphatic carbocycles. The molecule has 19 heavy (non-hydrogen) atoms. The number of carboxylic acids is 1. The van der Waals surface area contributed by atoms with E-state index in [4.69, 9.17) is 5.11 Å². The Labute approximate surface area is 113 Å². The number of carbonyl (C=O) groups excluding carboxylic acids is 1. The van der Waals surface area contributed by atoms with E-state index in [1.165, 1.54) is 0 Å². The van der Waals surface area contributed by atoms with E-state index in [1.54, 1.807) is 13.8 Å². The van der Waals surface area contributed by atoms with E-state index in [2.05, 4.69) is 5.32 Å². The summed E-state index contributed by atoms with van der Waals surface area (Å²) in [6.45, 7) is 6.98. The molecule has 1 atom stereocenters. The number of benzene rings is 1. The normalized spacial score (nSPS) is 12.8. The van der Waals surface area contributed by atoms with Crippen LogP contribution in [-0.4, -0.2) is 17.0 Å². The molecule has 104 valence electrons. The molecule has 0 radical (unpaired) electrons. The van der Waals surface area contributed by atoms with Crippen LogP contribution in [-0.2, 0) is 9.59 Å². The molecule has 4 heteroatoms. The maximum Gasteiger partial charge on any atom is 0.309 e. The molecule has 0 spiro atoms. The fourth-order valence-electron chi connectivity index (χ4n) is 1.71. The zero-order valence-corrected chi connectivity index (χ0v) is 11.9. The Hall–Kier alpha value is -1.84. The van der Waals surface area contributed by atoms with Crippen LogP contribution >= 0.6 is 0 Å². The SMILES string of the molecule is Cc1ccc(C(C)NC(=O)CC(C)(C)C(=O)O)cc1. The Bertz CT molecular complexity index is 463. The van der Waals surface area contributed by atoms with Crippen LogP contribution < -0.4 is 5.32 Å². The fourth-order valence-corrected chi connectivity index (χ4v) is 1.71. The summed E-state index contributed by atoms with van der Waals surface area (Å²) >= 11 is 0. The largest absolute Gasteiger partial charge is 0.481 e. The molecule has 2 N–H and O–H groups in total. The monoisotopic (exact) mass is 263 g/mol. The van der Waals surface area contributed by atoms with Crippen LogP contribution in [0.5, 0.6) is 0 Å². The van der Waals surface area contributed by atoms with Gasteiger partial charge in [0.25, 0.3) is 0 Å². The molecule has 0 bridgehead atoms. The summed E-state index contributed by atoms with van der Waals surface area (Å²) in [4.78, 5) is 22.8. The van der Waals surface area contributed by atoms with Crippen LogP contribution in [0.25, 0.3) is 0 Å². The van der Waals surface area contributed by atoms with Crippen molar-refractivity contribution in [1.82, 2.24) is 5.32 Å². The van der Waals surface area contributed by atoms with Gasteiger partial charge in [-0.2, -0.15) is 0 Å². The third-order valence-electron chi connectivity index (χ3n) is 3.14. The van der Waals surface area contributed by atoms with Crippen molar-refractivity contribution in [2.75, 3.05) is 0 Å². The van der Waals surface area contributed by atoms with Crippen molar-refractivity contribution >= 4 is 11.9 Å². The highest BCUT2D eigenvalue weighted by Crippen LogP contribution is 2.21. The first-order valence-electron chi connectivity index (χ1n) is 6.32. The number of hydrogen-bond acceptors (Lipinski definition) is 2. The fraction of sp³-hybridized carbons (Fsp3) is 0.467. The van der Waals surface area contributed by atoms with E-state index in [0.29, 0.717) is 0 Å². The highest BCUT2D eigenvalue weighted by molar-refractivity contribution is 5.84. The number of aliphatic carboxylic acids is 1. The zero-order chi connectivity index (χ0) is 14.6. The van der Waals surface area contributed by atoms with Crippen molar-refractivity contribution in [2.45, 2.75) is 40.2 Å². The number of hydrogen-bond donors (Lipinski definition) is 2. The summed E-state index contributed by atoms with van der Waals surface area (Å²) in [6.07, 6.45) is -0.0292. The summed E-state index contributed by atoms with van der Waals surface area (Å²) in [6, 6.07) is 7.77. The number of nitrogens with one attached hydrogen (secondary N) is 1. The second-order valence-electron chi connectivity index (χ2n) is 5.57. The standard InChI is InChI=1S/C15H21NO3/c1-10-5-7-12(8-6-10)11(2)16-13(17)9-15(3,4)14(18)19/h5-8,11H,9H2,1-4H3,(H,16,17)(H,18,19). The van der Waals surface area contributed by atoms with Gasteiger partial charge in [-0.15, -0.1) is 0 Å². The summed E-state index contributed by atoms with van der Waals surface area (Å²) in [7, 11) is 0. The van der Waals surface area contributed by atoms with E-state index in [1.807, 2.05) is 38.1 Å². The van der Waals surface area contributed by atoms with E-state index < -0.39 is 11.4 Å². The minimum absolute atomic E-state index is 0.0292. The Balaban J connectivity index is 2.62. The van der Waals surface area contributed by atoms with Crippen LogP contribution in [0.1, 0.15) is 44.4 Å². The molecule has 1 rings (SSSR count). The minimum Gasteiger partial charge on any atom is -0.481 e. The quantitative estimate of drug-likeness (QED) is 0.858. The first-order valence-corrected chi connectivity index (χ1v) is 6.32. The smallest absolute Gasteiger partial charge is 0.309 e. The maximum absolute atomic E-state index is 11.8. The predicted molar refractivity (Wildman–Crippen MR) is 73.8 cm³/mol. The van der Waals surface area contributed by atoms with Gasteiger partial charge in [0, 0.05) is 6.42 Å². The van der Waals surface area contributed by atoms with Gasteiger partial charge in [0.15, 0.2) is 0 Å². The lowest BCUT2D eigenvalue weighted by Crippen LogP contribution is -2.34. The lowest BCUT2D eigenvalue weighted by atomic mass is 9.89. The molecule has 0 fully saturated rings. The van der Waals surface area contributed by atoms with E-state index in [-0.39, 0.29) is 18.4 Å². The molecular formula is C15H21NO3. The number of carboxylic acid groups (broad SMARTS) is 1. The highest BCUT2D eigenvalue weighted by atomic mass is 16.4. The Morgan fingerprint density at radius 1 is 1.26 bits per heavy atom. The lowest BCUT2D eigenvalue weighted by Gasteiger charge is -2.20. The first kappa shape index (κ1) is 15.2. The first-order chi connectivity index (χ1) is 8.72. The van der Waals surface area contributed by atoms with Gasteiger partial charge in [-0.3, -0.25) is 9.59 Å². The third-order valence-corrected chi connectivity index (χ3v) is 3.14. The molecule has 1 amide bonds. The molecule has 1 unspecified atom stereocenters. The van der Waals surface area contributed by atoms with Gasteiger partial charge in [-0.1, -0.05) is 29.8 Å². The molecule has 0 saturated carbocycles. The summed E-state index contributed by atoms with van der Waals surface area (Å²) in [5, 5.41) is 11.8. The van der Waals surface area contributed by atoms with Crippen molar-refractivity contribution in [3.63, 3.8) is 0 Å². The molecule has 0 aromatic heterocycles. The van der Waals surface area contributed by atoms with E-state index >= 15 is 0 Å². The molecular weight excluding hydrogens is 242 g/mol. The van der Waals surface area contributed by atoms with Gasteiger partial charge >= 0.3 is 5.97 Å². The van der Waals surface area contributed by atoms with Gasteiger partial charge in [0.2, 0.25) is 5.91 Å². The summed E-state index contributed by atoms with van der Waals surface area (Å²) in [5.74, 6) is -1.22. The number of rotatable bonds is 5. The topological polar surface area (TPSA) is 66.4 Å². The number of aryl methyl sites for hydroxylation is 1. The highest BCUT2D eigenvalue weighted by Gasteiger charge is 2.30. The average molecular weight is 263 g/mol. The molecule has 0 aliphatic heterocycles. The Morgan fingerprint density at radius 3 is 2.26 bits per heavy atom. The molecule has 1 aromatic rings. The van der Waals surface area contributed by atoms with Crippen LogP contribution in [0, 0.1) is 12.3 Å². The molecule has 0 aliphatic rings. The second-order valence-corrected chi connectivity index (χ2v) is 5.57. The molecule has 0 heterocycles. The van der Waals surface area contributed by atoms with Crippen LogP contribution in [0.3, 0.4) is 0 Å². The van der Waals surface area contributed by atoms with Crippen LogP contribution in [0.2, 0.25) is 0 Å². The number of carbonyl (C=O) groups is 2. The van der Waals surface area contributed by atoms with Gasteiger partial charge in [0.05, 0.1) is 11.5 Å². The van der Waals surface area contributed by atoms with E-state index in [0.717, 1.165) is 11.1 Å². The molecule has 1 aromatic carbocycles. The van der Waals surface area contributed by atoms with Crippen molar-refractivity contribution in [1.29, 1.82) is 0 Å². The number of amides is 1. The zero-order valence-electron chi connectivity index (χ0n) is 11.9. The third kappa shape index (κ3) is 4.39. The predicted octanol–water partition coefficient (Wildman–Crippen LogP) is 2.67. The Kier molecular flexibility index (Phi) is 4.70. The van der Waals surface area contributed by atoms with E-state index in [9.17, 15) is 9.59 Å². The van der Waals surface area contributed by atoms with Gasteiger partial charge in [0.1, 0.15) is 0 Å². The Morgan fingerprint density at radius 2 is 1.79 bits per heavy atom.